The molecule has 0 spiro atoms. The van der Waals surface area contributed by atoms with Gasteiger partial charge in [0.2, 0.25) is 0 Å². The van der Waals surface area contributed by atoms with E-state index in [1.807, 2.05) is 6.07 Å². The third kappa shape index (κ3) is 3.97. The molecular weight excluding hydrogens is 468 g/mol. The number of benzene rings is 1. The van der Waals surface area contributed by atoms with E-state index >= 15 is 0 Å². The van der Waals surface area contributed by atoms with Gasteiger partial charge in [-0.3, -0.25) is 9.52 Å². The number of hydrogen-bond acceptors (Lipinski definition) is 7. The zero-order valence-electron chi connectivity index (χ0n) is 15.4. The fourth-order valence-corrected chi connectivity index (χ4v) is 5.14. The van der Waals surface area contributed by atoms with Crippen molar-refractivity contribution in [1.29, 1.82) is 0 Å². The fourth-order valence-electron chi connectivity index (χ4n) is 3.61. The van der Waals surface area contributed by atoms with E-state index in [4.69, 9.17) is 9.47 Å². The summed E-state index contributed by atoms with van der Waals surface area (Å²) in [6.07, 6.45) is 1.22. The Morgan fingerprint density at radius 2 is 2.17 bits per heavy atom. The predicted molar refractivity (Wildman–Crippen MR) is 107 cm³/mol. The van der Waals surface area contributed by atoms with E-state index < -0.39 is 16.3 Å². The number of aromatic nitrogens is 1. The van der Waals surface area contributed by atoms with Gasteiger partial charge in [-0.2, -0.15) is 12.7 Å². The van der Waals surface area contributed by atoms with Crippen LogP contribution in [0.25, 0.3) is 0 Å². The molecule has 12 heteroatoms. The van der Waals surface area contributed by atoms with Crippen LogP contribution in [0.5, 0.6) is 5.75 Å². The predicted octanol–water partition coefficient (Wildman–Crippen LogP) is 1.61. The number of rotatable bonds is 5. The Morgan fingerprint density at radius 1 is 1.34 bits per heavy atom. The maximum absolute atomic E-state index is 12.7. The quantitative estimate of drug-likeness (QED) is 0.682. The number of halogens is 1. The number of methoxy groups -OCH3 is 1. The number of carbonyl (C=O) groups is 1. The molecule has 3 heterocycles. The number of fused-ring (bicyclic) bond motifs is 1. The van der Waals surface area contributed by atoms with E-state index in [1.54, 1.807) is 24.1 Å². The van der Waals surface area contributed by atoms with Crippen LogP contribution < -0.4 is 14.4 Å². The first kappa shape index (κ1) is 20.1. The van der Waals surface area contributed by atoms with Crippen LogP contribution >= 0.6 is 15.9 Å². The Morgan fingerprint density at radius 3 is 2.90 bits per heavy atom. The van der Waals surface area contributed by atoms with Gasteiger partial charge in [0.1, 0.15) is 18.6 Å². The lowest BCUT2D eigenvalue weighted by atomic mass is 9.98. The van der Waals surface area contributed by atoms with Crippen LogP contribution in [0, 0.1) is 0 Å². The molecule has 2 atom stereocenters. The summed E-state index contributed by atoms with van der Waals surface area (Å²) in [6, 6.07) is 6.54. The summed E-state index contributed by atoms with van der Waals surface area (Å²) in [5.41, 5.74) is 0.635. The lowest BCUT2D eigenvalue weighted by Crippen LogP contribution is -2.62. The Bertz CT molecular complexity index is 999. The van der Waals surface area contributed by atoms with Gasteiger partial charge in [0.05, 0.1) is 24.9 Å². The molecule has 2 aliphatic heterocycles. The highest BCUT2D eigenvalue weighted by molar-refractivity contribution is 9.10. The van der Waals surface area contributed by atoms with Crippen LogP contribution in [0.2, 0.25) is 0 Å². The van der Waals surface area contributed by atoms with Crippen molar-refractivity contribution in [2.45, 2.75) is 18.6 Å². The molecule has 0 saturated carbocycles. The van der Waals surface area contributed by atoms with E-state index in [0.29, 0.717) is 17.9 Å². The topological polar surface area (TPSA) is 114 Å². The molecule has 2 saturated heterocycles. The summed E-state index contributed by atoms with van der Waals surface area (Å²) >= 11 is 3.40. The number of hydrogen-bond donors (Lipinski definition) is 1. The smallest absolute Gasteiger partial charge is 0.302 e. The molecule has 2 aliphatic rings. The van der Waals surface area contributed by atoms with Crippen LogP contribution in [-0.2, 0) is 19.7 Å². The highest BCUT2D eigenvalue weighted by atomic mass is 79.9. The van der Waals surface area contributed by atoms with Gasteiger partial charge in [-0.1, -0.05) is 21.1 Å². The summed E-state index contributed by atoms with van der Waals surface area (Å²) in [6.45, 7) is 0.200. The maximum atomic E-state index is 12.7. The number of morpholine rings is 1. The molecule has 1 amide bonds. The first-order valence-electron chi connectivity index (χ1n) is 8.84. The van der Waals surface area contributed by atoms with Crippen molar-refractivity contribution in [3.63, 3.8) is 0 Å². The third-order valence-electron chi connectivity index (χ3n) is 4.92. The Balaban J connectivity index is 1.56. The zero-order chi connectivity index (χ0) is 20.6. The monoisotopic (exact) mass is 486 g/mol. The maximum Gasteiger partial charge on any atom is 0.302 e. The molecule has 1 aromatic heterocycles. The van der Waals surface area contributed by atoms with Crippen LogP contribution in [0.3, 0.4) is 0 Å². The lowest BCUT2D eigenvalue weighted by Gasteiger charge is -2.46. The van der Waals surface area contributed by atoms with Gasteiger partial charge >= 0.3 is 10.2 Å². The number of piperidine rings is 1. The largest absolute Gasteiger partial charge is 0.495 e. The first-order valence-corrected chi connectivity index (χ1v) is 11.1. The molecule has 0 radical (unpaired) electrons. The number of ether oxygens (including phenoxy) is 2. The molecule has 2 aromatic rings. The highest BCUT2D eigenvalue weighted by Gasteiger charge is 2.44. The van der Waals surface area contributed by atoms with Gasteiger partial charge in [0.25, 0.3) is 5.91 Å². The van der Waals surface area contributed by atoms with Gasteiger partial charge < -0.3 is 18.9 Å². The van der Waals surface area contributed by atoms with Crippen LogP contribution in [0.4, 0.5) is 11.5 Å². The second kappa shape index (κ2) is 7.94. The number of anilines is 2. The zero-order valence-corrected chi connectivity index (χ0v) is 17.8. The Labute approximate surface area is 176 Å². The van der Waals surface area contributed by atoms with Crippen molar-refractivity contribution in [1.82, 2.24) is 9.46 Å². The van der Waals surface area contributed by atoms with Crippen molar-refractivity contribution in [3.05, 3.63) is 35.0 Å². The summed E-state index contributed by atoms with van der Waals surface area (Å²) in [4.78, 5) is 14.3. The van der Waals surface area contributed by atoms with Crippen LogP contribution in [0.15, 0.2) is 39.5 Å². The SMILES string of the molecule is COc1cc(Br)ccc1N1C(=O)CO[C@@H]2CN(S(=O)(=O)Nc3ccon3)CC[C@H]21. The number of carbonyl (C=O) groups excluding carboxylic acids is 1. The molecule has 1 N–H and O–H groups in total. The minimum atomic E-state index is -3.82. The molecule has 0 bridgehead atoms. The van der Waals surface area contributed by atoms with Crippen molar-refractivity contribution in [2.24, 2.45) is 0 Å². The lowest BCUT2D eigenvalue weighted by molar-refractivity contribution is -0.134. The van der Waals surface area contributed by atoms with Gasteiger partial charge in [-0.25, -0.2) is 0 Å². The molecule has 156 valence electrons. The van der Waals surface area contributed by atoms with Crippen molar-refractivity contribution in [3.8, 4) is 5.75 Å². The van der Waals surface area contributed by atoms with Crippen molar-refractivity contribution >= 4 is 43.6 Å². The van der Waals surface area contributed by atoms with Gasteiger partial charge in [-0.05, 0) is 24.6 Å². The second-order valence-corrected chi connectivity index (χ2v) is 9.22. The molecular formula is C17H19BrN4O6S. The van der Waals surface area contributed by atoms with E-state index in [-0.39, 0.29) is 37.5 Å². The number of amides is 1. The normalized spacial score (nSPS) is 23.0. The van der Waals surface area contributed by atoms with Gasteiger partial charge in [0, 0.05) is 23.6 Å². The fraction of sp³-hybridized carbons (Fsp3) is 0.412. The van der Waals surface area contributed by atoms with Crippen LogP contribution in [-0.4, -0.2) is 62.7 Å². The van der Waals surface area contributed by atoms with Gasteiger partial charge in [0.15, 0.2) is 5.82 Å². The molecule has 0 aliphatic carbocycles. The summed E-state index contributed by atoms with van der Waals surface area (Å²) in [5.74, 6) is 0.466. The van der Waals surface area contributed by atoms with E-state index in [2.05, 4.69) is 30.3 Å². The third-order valence-corrected chi connectivity index (χ3v) is 6.89. The Kier molecular flexibility index (Phi) is 5.51. The minimum Gasteiger partial charge on any atom is -0.495 e. The summed E-state index contributed by atoms with van der Waals surface area (Å²) < 4.78 is 45.6. The molecule has 10 nitrogen and oxygen atoms in total. The summed E-state index contributed by atoms with van der Waals surface area (Å²) in [5, 5.41) is 3.57. The van der Waals surface area contributed by atoms with E-state index in [0.717, 1.165) is 4.47 Å². The van der Waals surface area contributed by atoms with E-state index in [1.165, 1.54) is 16.6 Å². The first-order chi connectivity index (χ1) is 13.9. The van der Waals surface area contributed by atoms with Crippen molar-refractivity contribution < 1.29 is 27.2 Å². The second-order valence-electron chi connectivity index (χ2n) is 6.64. The molecule has 1 aromatic carbocycles. The Hall–Kier alpha value is -2.15. The molecule has 29 heavy (non-hydrogen) atoms. The van der Waals surface area contributed by atoms with E-state index in [9.17, 15) is 13.2 Å². The standard InChI is InChI=1S/C17H19BrN4O6S/c1-26-14-8-11(18)2-3-12(14)22-13-4-6-21(9-15(13)27-10-17(22)23)29(24,25)20-16-5-7-28-19-16/h2-3,5,7-8,13,15H,4,6,9-10H2,1H3,(H,19,20)/t13-,15-/m1/s1. The minimum absolute atomic E-state index is 0.105. The van der Waals surface area contributed by atoms with Gasteiger partial charge in [-0.15, -0.1) is 0 Å². The molecule has 2 fully saturated rings. The average molecular weight is 487 g/mol. The summed E-state index contributed by atoms with van der Waals surface area (Å²) in [7, 11) is -2.28. The highest BCUT2D eigenvalue weighted by Crippen LogP contribution is 2.37. The van der Waals surface area contributed by atoms with Crippen molar-refractivity contribution in [2.75, 3.05) is 36.4 Å². The van der Waals surface area contributed by atoms with Crippen LogP contribution in [0.1, 0.15) is 6.42 Å². The number of nitrogens with zero attached hydrogens (tertiary/aromatic N) is 3. The number of nitrogens with one attached hydrogen (secondary N) is 1. The molecule has 4 rings (SSSR count). The molecule has 0 unspecified atom stereocenters. The average Bonchev–Trinajstić information content (AvgIpc) is 3.20.